The Morgan fingerprint density at radius 2 is 2.00 bits per heavy atom. The fourth-order valence-corrected chi connectivity index (χ4v) is 5.81. The van der Waals surface area contributed by atoms with Gasteiger partial charge in [-0.25, -0.2) is 0 Å². The van der Waals surface area contributed by atoms with E-state index in [0.29, 0.717) is 43.2 Å². The second-order valence-corrected chi connectivity index (χ2v) is 9.81. The van der Waals surface area contributed by atoms with Crippen LogP contribution in [0.2, 0.25) is 0 Å². The molecule has 168 valence electrons. The Hall–Kier alpha value is -2.16. The lowest BCUT2D eigenvalue weighted by atomic mass is 9.89. The van der Waals surface area contributed by atoms with Gasteiger partial charge >= 0.3 is 0 Å². The fourth-order valence-electron chi connectivity index (χ4n) is 4.85. The molecule has 4 N–H and O–H groups in total. The Balaban J connectivity index is 1.39. The van der Waals surface area contributed by atoms with E-state index in [4.69, 9.17) is 5.73 Å². The topological polar surface area (TPSA) is 98.9 Å². The molecule has 0 saturated carbocycles. The zero-order valence-electron chi connectivity index (χ0n) is 18.1. The summed E-state index contributed by atoms with van der Waals surface area (Å²) in [6, 6.07) is 8.12. The maximum atomic E-state index is 13.2. The third-order valence-electron chi connectivity index (χ3n) is 6.56. The normalized spacial score (nSPS) is 23.2. The van der Waals surface area contributed by atoms with Crippen LogP contribution >= 0.6 is 11.3 Å². The highest BCUT2D eigenvalue weighted by Crippen LogP contribution is 2.35. The number of piperidine rings is 2. The summed E-state index contributed by atoms with van der Waals surface area (Å²) < 4.78 is 1.03. The van der Waals surface area contributed by atoms with Crippen molar-refractivity contribution in [3.8, 4) is 0 Å². The summed E-state index contributed by atoms with van der Waals surface area (Å²) in [5.74, 6) is -0.256. The van der Waals surface area contributed by atoms with Crippen LogP contribution < -0.4 is 11.1 Å². The molecule has 0 bridgehead atoms. The van der Waals surface area contributed by atoms with Gasteiger partial charge in [-0.15, -0.1) is 11.3 Å². The van der Waals surface area contributed by atoms with Crippen LogP contribution in [0.5, 0.6) is 0 Å². The minimum Gasteiger partial charge on any atom is -0.390 e. The Bertz CT molecular complexity index is 953. The van der Waals surface area contributed by atoms with Crippen molar-refractivity contribution in [3.05, 3.63) is 29.8 Å². The van der Waals surface area contributed by atoms with Crippen LogP contribution in [0.15, 0.2) is 24.3 Å². The van der Waals surface area contributed by atoms with Gasteiger partial charge in [0.25, 0.3) is 11.8 Å². The average Bonchev–Trinajstić information content (AvgIpc) is 3.12. The standard InChI is InChI=1S/C23H32N4O3S/c1-2-11-25-22(29)23(30)10-5-12-27(15-23)16-8-13-26(14-9-16)21(28)19-17-6-3-4-7-18(17)31-20(19)24/h3-4,6-7,16,30H,2,5,8-15,24H2,1H3,(H,25,29). The van der Waals surface area contributed by atoms with Crippen LogP contribution in [0, 0.1) is 0 Å². The summed E-state index contributed by atoms with van der Waals surface area (Å²) in [7, 11) is 0. The quantitative estimate of drug-likeness (QED) is 0.658. The number of hydrogen-bond acceptors (Lipinski definition) is 6. The number of β-amino-alcohol motifs (C(OH)–C–C–N with tert-alkyl or cyclic N) is 1. The average molecular weight is 445 g/mol. The second kappa shape index (κ2) is 9.14. The maximum Gasteiger partial charge on any atom is 0.257 e. The number of thiophene rings is 1. The molecule has 4 rings (SSSR count). The predicted octanol–water partition coefficient (Wildman–Crippen LogP) is 2.44. The van der Waals surface area contributed by atoms with Crippen molar-refractivity contribution in [1.82, 2.24) is 15.1 Å². The molecule has 2 aromatic rings. The molecule has 3 heterocycles. The summed E-state index contributed by atoms with van der Waals surface area (Å²) >= 11 is 1.46. The Morgan fingerprint density at radius 1 is 1.26 bits per heavy atom. The first-order valence-electron chi connectivity index (χ1n) is 11.2. The summed E-state index contributed by atoms with van der Waals surface area (Å²) in [4.78, 5) is 29.8. The molecule has 0 radical (unpaired) electrons. The molecule has 0 spiro atoms. The van der Waals surface area contributed by atoms with Crippen LogP contribution in [0.1, 0.15) is 49.4 Å². The highest BCUT2D eigenvalue weighted by Gasteiger charge is 2.42. The van der Waals surface area contributed by atoms with Gasteiger partial charge in [-0.3, -0.25) is 14.5 Å². The largest absolute Gasteiger partial charge is 0.390 e. The van der Waals surface area contributed by atoms with Crippen molar-refractivity contribution in [1.29, 1.82) is 0 Å². The van der Waals surface area contributed by atoms with Crippen molar-refractivity contribution in [2.45, 2.75) is 50.7 Å². The van der Waals surface area contributed by atoms with Crippen molar-refractivity contribution < 1.29 is 14.7 Å². The number of nitrogens with zero attached hydrogens (tertiary/aromatic N) is 2. The summed E-state index contributed by atoms with van der Waals surface area (Å²) in [6.45, 7) is 5.14. The van der Waals surface area contributed by atoms with E-state index in [-0.39, 0.29) is 17.9 Å². The number of hydrogen-bond donors (Lipinski definition) is 3. The van der Waals surface area contributed by atoms with Crippen molar-refractivity contribution in [2.24, 2.45) is 0 Å². The molecule has 31 heavy (non-hydrogen) atoms. The summed E-state index contributed by atoms with van der Waals surface area (Å²) in [6.07, 6.45) is 3.82. The number of nitrogen functional groups attached to an aromatic ring is 1. The van der Waals surface area contributed by atoms with E-state index in [1.165, 1.54) is 11.3 Å². The molecular weight excluding hydrogens is 412 g/mol. The van der Waals surface area contributed by atoms with E-state index < -0.39 is 5.60 Å². The third kappa shape index (κ3) is 4.42. The van der Waals surface area contributed by atoms with Crippen LogP contribution in [0.4, 0.5) is 5.00 Å². The number of rotatable bonds is 5. The monoisotopic (exact) mass is 444 g/mol. The first-order chi connectivity index (χ1) is 14.9. The number of carbonyl (C=O) groups excluding carboxylic acids is 2. The predicted molar refractivity (Wildman–Crippen MR) is 124 cm³/mol. The maximum absolute atomic E-state index is 13.2. The Labute approximate surface area is 187 Å². The summed E-state index contributed by atoms with van der Waals surface area (Å²) in [5.41, 5.74) is 5.50. The molecular formula is C23H32N4O3S. The lowest BCUT2D eigenvalue weighted by Crippen LogP contribution is -2.60. The van der Waals surface area contributed by atoms with E-state index in [9.17, 15) is 14.7 Å². The minimum atomic E-state index is -1.32. The van der Waals surface area contributed by atoms with Crippen LogP contribution in [0.25, 0.3) is 10.1 Å². The van der Waals surface area contributed by atoms with Crippen LogP contribution in [-0.4, -0.2) is 71.1 Å². The molecule has 8 heteroatoms. The van der Waals surface area contributed by atoms with Gasteiger partial charge < -0.3 is 21.1 Å². The Kier molecular flexibility index (Phi) is 6.50. The van der Waals surface area contributed by atoms with Gasteiger partial charge in [-0.1, -0.05) is 25.1 Å². The zero-order chi connectivity index (χ0) is 22.0. The van der Waals surface area contributed by atoms with Crippen molar-refractivity contribution in [2.75, 3.05) is 38.5 Å². The number of benzene rings is 1. The van der Waals surface area contributed by atoms with Crippen molar-refractivity contribution >= 4 is 38.2 Å². The number of carbonyl (C=O) groups is 2. The molecule has 1 aromatic heterocycles. The number of fused-ring (bicyclic) bond motifs is 1. The van der Waals surface area contributed by atoms with Crippen LogP contribution in [0.3, 0.4) is 0 Å². The molecule has 2 saturated heterocycles. The molecule has 2 fully saturated rings. The highest BCUT2D eigenvalue weighted by atomic mass is 32.1. The van der Waals surface area contributed by atoms with Crippen molar-refractivity contribution in [3.63, 3.8) is 0 Å². The van der Waals surface area contributed by atoms with Crippen LogP contribution in [-0.2, 0) is 4.79 Å². The van der Waals surface area contributed by atoms with Gasteiger partial charge in [0.15, 0.2) is 5.60 Å². The molecule has 1 unspecified atom stereocenters. The van der Waals surface area contributed by atoms with Gasteiger partial charge in [-0.05, 0) is 44.7 Å². The number of nitrogens with one attached hydrogen (secondary N) is 1. The molecule has 2 aliphatic heterocycles. The number of anilines is 1. The van der Waals surface area contributed by atoms with E-state index in [1.807, 2.05) is 36.1 Å². The molecule has 7 nitrogen and oxygen atoms in total. The third-order valence-corrected chi connectivity index (χ3v) is 7.56. The first-order valence-corrected chi connectivity index (χ1v) is 12.1. The summed E-state index contributed by atoms with van der Waals surface area (Å²) in [5, 5.41) is 15.3. The SMILES string of the molecule is CCCNC(=O)C1(O)CCCN(C2CCN(C(=O)c3c(N)sc4ccccc34)CC2)C1. The van der Waals surface area contributed by atoms with Gasteiger partial charge in [0, 0.05) is 42.3 Å². The van der Waals surface area contributed by atoms with Gasteiger partial charge in [0.05, 0.1) is 10.6 Å². The minimum absolute atomic E-state index is 0.00231. The first kappa shape index (κ1) is 22.0. The molecule has 1 aromatic carbocycles. The smallest absolute Gasteiger partial charge is 0.257 e. The van der Waals surface area contributed by atoms with Gasteiger partial charge in [-0.2, -0.15) is 0 Å². The number of amides is 2. The van der Waals surface area contributed by atoms with Gasteiger partial charge in [0.1, 0.15) is 0 Å². The fraction of sp³-hybridized carbons (Fsp3) is 0.565. The Morgan fingerprint density at radius 3 is 2.74 bits per heavy atom. The molecule has 2 aliphatic rings. The van der Waals surface area contributed by atoms with E-state index >= 15 is 0 Å². The highest BCUT2D eigenvalue weighted by molar-refractivity contribution is 7.23. The van der Waals surface area contributed by atoms with E-state index in [1.54, 1.807) is 0 Å². The van der Waals surface area contributed by atoms with E-state index in [0.717, 1.165) is 42.3 Å². The number of aliphatic hydroxyl groups is 1. The second-order valence-electron chi connectivity index (χ2n) is 8.72. The van der Waals surface area contributed by atoms with E-state index in [2.05, 4.69) is 10.2 Å². The zero-order valence-corrected chi connectivity index (χ0v) is 18.9. The number of nitrogens with two attached hydrogens (primary N) is 1. The lowest BCUT2D eigenvalue weighted by Gasteiger charge is -2.44. The van der Waals surface area contributed by atoms with Gasteiger partial charge in [0.2, 0.25) is 0 Å². The number of likely N-dealkylation sites (tertiary alicyclic amines) is 2. The lowest BCUT2D eigenvalue weighted by molar-refractivity contribution is -0.147. The molecule has 0 aliphatic carbocycles. The molecule has 1 atom stereocenters. The molecule has 2 amide bonds.